The molecule has 0 bridgehead atoms. The van der Waals surface area contributed by atoms with Crippen molar-refractivity contribution in [2.45, 2.75) is 130 Å². The first-order valence-corrected chi connectivity index (χ1v) is 14.0. The Bertz CT molecular complexity index is 756. The molecular formula is C29H49NO8. The van der Waals surface area contributed by atoms with Crippen molar-refractivity contribution in [3.05, 3.63) is 28.6 Å². The van der Waals surface area contributed by atoms with Gasteiger partial charge in [0.1, 0.15) is 0 Å². The molecule has 0 radical (unpaired) electrons. The molecule has 0 aliphatic heterocycles. The number of nitrogens with zero attached hydrogens (tertiary/aromatic N) is 1. The number of pyridine rings is 1. The first kappa shape index (κ1) is 37.2. The zero-order valence-electron chi connectivity index (χ0n) is 23.8. The molecular weight excluding hydrogens is 490 g/mol. The molecule has 9 heteroatoms. The minimum absolute atomic E-state index is 0.0229. The number of carbonyl (C=O) groups is 4. The minimum atomic E-state index is -1.10. The van der Waals surface area contributed by atoms with E-state index < -0.39 is 23.9 Å². The van der Waals surface area contributed by atoms with Crippen molar-refractivity contribution in [2.24, 2.45) is 0 Å². The van der Waals surface area contributed by atoms with Gasteiger partial charge in [-0.25, -0.2) is 14.6 Å². The summed E-state index contributed by atoms with van der Waals surface area (Å²) in [5, 5.41) is 34.8. The molecule has 38 heavy (non-hydrogen) atoms. The zero-order chi connectivity index (χ0) is 29.3. The minimum Gasteiger partial charge on any atom is -0.481 e. The first-order chi connectivity index (χ1) is 18.1. The van der Waals surface area contributed by atoms with Crippen LogP contribution in [0.5, 0.6) is 0 Å². The SMILES string of the molecule is CCCCCCCC(=O)O.CCCCCCCC(=O)O.CCCc1c(C(=O)O)cnc(C(=O)O)c1CCC. The van der Waals surface area contributed by atoms with Crippen LogP contribution in [0.1, 0.15) is 150 Å². The van der Waals surface area contributed by atoms with Crippen molar-refractivity contribution in [1.29, 1.82) is 0 Å². The van der Waals surface area contributed by atoms with Crippen LogP contribution < -0.4 is 0 Å². The number of carboxylic acids is 4. The van der Waals surface area contributed by atoms with Gasteiger partial charge >= 0.3 is 23.9 Å². The molecule has 0 aromatic carbocycles. The van der Waals surface area contributed by atoms with Crippen molar-refractivity contribution in [3.63, 3.8) is 0 Å². The van der Waals surface area contributed by atoms with E-state index in [0.717, 1.165) is 44.7 Å². The summed E-state index contributed by atoms with van der Waals surface area (Å²) in [6.45, 7) is 8.16. The van der Waals surface area contributed by atoms with Gasteiger partial charge < -0.3 is 20.4 Å². The molecule has 0 unspecified atom stereocenters. The summed E-state index contributed by atoms with van der Waals surface area (Å²) < 4.78 is 0. The molecule has 0 aliphatic rings. The van der Waals surface area contributed by atoms with E-state index in [-0.39, 0.29) is 11.3 Å². The average molecular weight is 540 g/mol. The molecule has 0 atom stereocenters. The number of rotatable bonds is 18. The first-order valence-electron chi connectivity index (χ1n) is 14.0. The number of aromatic nitrogens is 1. The van der Waals surface area contributed by atoms with Gasteiger partial charge in [0.2, 0.25) is 0 Å². The second-order valence-electron chi connectivity index (χ2n) is 9.20. The van der Waals surface area contributed by atoms with Gasteiger partial charge in [0, 0.05) is 19.0 Å². The van der Waals surface area contributed by atoms with Crippen molar-refractivity contribution >= 4 is 23.9 Å². The Morgan fingerprint density at radius 2 is 1.00 bits per heavy atom. The number of hydrogen-bond acceptors (Lipinski definition) is 5. The standard InChI is InChI=1S/C13H17NO4.2C8H16O2/c1-3-5-8-9(6-4-2)11(13(17)18)14-7-10(8)12(15)16;2*1-2-3-4-5-6-7-8(9)10/h7H,3-6H2,1-2H3,(H,15,16)(H,17,18);2*2-7H2,1H3,(H,9,10). The number of carboxylic acid groups (broad SMARTS) is 4. The number of unbranched alkanes of at least 4 members (excludes halogenated alkanes) is 8. The third-order valence-corrected chi connectivity index (χ3v) is 5.72. The molecule has 9 nitrogen and oxygen atoms in total. The fourth-order valence-corrected chi connectivity index (χ4v) is 3.77. The fraction of sp³-hybridized carbons (Fsp3) is 0.690. The Kier molecular flexibility index (Phi) is 23.8. The van der Waals surface area contributed by atoms with Gasteiger partial charge in [-0.05, 0) is 36.8 Å². The van der Waals surface area contributed by atoms with Crippen molar-refractivity contribution in [1.82, 2.24) is 4.98 Å². The lowest BCUT2D eigenvalue weighted by Gasteiger charge is -2.13. The summed E-state index contributed by atoms with van der Waals surface area (Å²) in [5.41, 5.74) is 1.27. The lowest BCUT2D eigenvalue weighted by molar-refractivity contribution is -0.138. The summed E-state index contributed by atoms with van der Waals surface area (Å²) >= 11 is 0. The highest BCUT2D eigenvalue weighted by molar-refractivity contribution is 5.93. The highest BCUT2D eigenvalue weighted by Crippen LogP contribution is 2.21. The van der Waals surface area contributed by atoms with E-state index in [4.69, 9.17) is 20.4 Å². The molecule has 0 saturated carbocycles. The highest BCUT2D eigenvalue weighted by Gasteiger charge is 2.21. The third-order valence-electron chi connectivity index (χ3n) is 5.72. The average Bonchev–Trinajstić information content (AvgIpc) is 2.85. The smallest absolute Gasteiger partial charge is 0.354 e. The number of aliphatic carboxylic acids is 2. The van der Waals surface area contributed by atoms with E-state index in [9.17, 15) is 19.2 Å². The molecule has 218 valence electrons. The largest absolute Gasteiger partial charge is 0.481 e. The van der Waals surface area contributed by atoms with Crippen molar-refractivity contribution in [2.75, 3.05) is 0 Å². The Labute approximate surface area is 227 Å². The Morgan fingerprint density at radius 3 is 1.34 bits per heavy atom. The molecule has 1 aromatic rings. The predicted octanol–water partition coefficient (Wildman–Crippen LogP) is 7.25. The maximum absolute atomic E-state index is 11.1. The summed E-state index contributed by atoms with van der Waals surface area (Å²) in [4.78, 5) is 46.1. The van der Waals surface area contributed by atoms with E-state index in [1.807, 2.05) is 13.8 Å². The van der Waals surface area contributed by atoms with Crippen LogP contribution in [0.2, 0.25) is 0 Å². The lowest BCUT2D eigenvalue weighted by atomic mass is 9.94. The van der Waals surface area contributed by atoms with Crippen LogP contribution >= 0.6 is 0 Å². The van der Waals surface area contributed by atoms with Crippen LogP contribution in [0.4, 0.5) is 0 Å². The van der Waals surface area contributed by atoms with E-state index >= 15 is 0 Å². The molecule has 0 aliphatic carbocycles. The Hall–Kier alpha value is -2.97. The highest BCUT2D eigenvalue weighted by atomic mass is 16.4. The van der Waals surface area contributed by atoms with Crippen LogP contribution in [-0.2, 0) is 22.4 Å². The summed E-state index contributed by atoms with van der Waals surface area (Å²) in [7, 11) is 0. The van der Waals surface area contributed by atoms with Gasteiger partial charge in [0.15, 0.2) is 5.69 Å². The summed E-state index contributed by atoms with van der Waals surface area (Å²) in [6.07, 6.45) is 15.5. The van der Waals surface area contributed by atoms with E-state index in [1.54, 1.807) is 0 Å². The van der Waals surface area contributed by atoms with Crippen LogP contribution in [0.3, 0.4) is 0 Å². The van der Waals surface area contributed by atoms with Crippen LogP contribution in [0.15, 0.2) is 6.20 Å². The van der Waals surface area contributed by atoms with Crippen molar-refractivity contribution < 1.29 is 39.6 Å². The summed E-state index contributed by atoms with van der Waals surface area (Å²) in [5.74, 6) is -3.50. The van der Waals surface area contributed by atoms with Gasteiger partial charge in [-0.1, -0.05) is 91.9 Å². The van der Waals surface area contributed by atoms with Crippen LogP contribution in [0, 0.1) is 0 Å². The fourth-order valence-electron chi connectivity index (χ4n) is 3.77. The zero-order valence-corrected chi connectivity index (χ0v) is 23.8. The second-order valence-corrected chi connectivity index (χ2v) is 9.20. The molecule has 1 rings (SSSR count). The number of aromatic carboxylic acids is 2. The van der Waals surface area contributed by atoms with Gasteiger partial charge in [0.25, 0.3) is 0 Å². The number of hydrogen-bond donors (Lipinski definition) is 4. The summed E-state index contributed by atoms with van der Waals surface area (Å²) in [6, 6.07) is 0. The lowest BCUT2D eigenvalue weighted by Crippen LogP contribution is -2.14. The molecule has 0 amide bonds. The molecule has 1 heterocycles. The van der Waals surface area contributed by atoms with Gasteiger partial charge in [-0.3, -0.25) is 9.59 Å². The van der Waals surface area contributed by atoms with Crippen LogP contribution in [0.25, 0.3) is 0 Å². The third kappa shape index (κ3) is 19.2. The van der Waals surface area contributed by atoms with E-state index in [2.05, 4.69) is 18.8 Å². The molecule has 0 fully saturated rings. The molecule has 1 aromatic heterocycles. The molecule has 0 saturated heterocycles. The maximum Gasteiger partial charge on any atom is 0.354 e. The van der Waals surface area contributed by atoms with Gasteiger partial charge in [-0.15, -0.1) is 0 Å². The monoisotopic (exact) mass is 539 g/mol. The van der Waals surface area contributed by atoms with Gasteiger partial charge in [-0.2, -0.15) is 0 Å². The molecule has 4 N–H and O–H groups in total. The van der Waals surface area contributed by atoms with Crippen molar-refractivity contribution in [3.8, 4) is 0 Å². The topological polar surface area (TPSA) is 162 Å². The maximum atomic E-state index is 11.1. The van der Waals surface area contributed by atoms with Crippen LogP contribution in [-0.4, -0.2) is 49.3 Å². The predicted molar refractivity (Wildman–Crippen MR) is 148 cm³/mol. The van der Waals surface area contributed by atoms with E-state index in [1.165, 1.54) is 38.5 Å². The van der Waals surface area contributed by atoms with Gasteiger partial charge in [0.05, 0.1) is 5.56 Å². The second kappa shape index (κ2) is 24.4. The quantitative estimate of drug-likeness (QED) is 0.141. The normalized spacial score (nSPS) is 10.0. The Morgan fingerprint density at radius 1 is 0.579 bits per heavy atom. The molecule has 0 spiro atoms. The van der Waals surface area contributed by atoms with E-state index in [0.29, 0.717) is 36.8 Å². The Balaban J connectivity index is 0.